The van der Waals surface area contributed by atoms with Crippen LogP contribution in [0.2, 0.25) is 0 Å². The number of rotatable bonds is 8. The Kier molecular flexibility index (Phi) is 5.62. The van der Waals surface area contributed by atoms with Gasteiger partial charge in [0.25, 0.3) is 0 Å². The molecule has 1 aromatic heterocycles. The first kappa shape index (κ1) is 13.6. The first-order chi connectivity index (χ1) is 8.15. The summed E-state index contributed by atoms with van der Waals surface area (Å²) in [7, 11) is 0. The second kappa shape index (κ2) is 7.01. The number of aromatic nitrogens is 2. The summed E-state index contributed by atoms with van der Waals surface area (Å²) < 4.78 is 5.05. The van der Waals surface area contributed by atoms with E-state index in [2.05, 4.69) is 10.1 Å². The van der Waals surface area contributed by atoms with E-state index in [-0.39, 0.29) is 6.54 Å². The summed E-state index contributed by atoms with van der Waals surface area (Å²) in [5, 5.41) is 12.6. The molecule has 0 atom stereocenters. The van der Waals surface area contributed by atoms with Crippen LogP contribution >= 0.6 is 0 Å². The number of nitrogens with zero attached hydrogens (tertiary/aromatic N) is 3. The lowest BCUT2D eigenvalue weighted by Crippen LogP contribution is -2.30. The second-order valence-electron chi connectivity index (χ2n) is 3.96. The largest absolute Gasteiger partial charge is 0.480 e. The van der Waals surface area contributed by atoms with E-state index in [0.717, 1.165) is 19.3 Å². The topological polar surface area (TPSA) is 79.5 Å². The molecule has 0 aliphatic carbocycles. The third kappa shape index (κ3) is 4.95. The molecule has 0 radical (unpaired) electrons. The Morgan fingerprint density at radius 3 is 2.76 bits per heavy atom. The van der Waals surface area contributed by atoms with Crippen LogP contribution in [0.4, 0.5) is 0 Å². The van der Waals surface area contributed by atoms with Crippen molar-refractivity contribution in [3.8, 4) is 0 Å². The van der Waals surface area contributed by atoms with Crippen molar-refractivity contribution >= 4 is 5.97 Å². The van der Waals surface area contributed by atoms with Crippen molar-refractivity contribution in [2.75, 3.05) is 13.1 Å². The third-order valence-corrected chi connectivity index (χ3v) is 2.24. The van der Waals surface area contributed by atoms with Crippen LogP contribution in [0.5, 0.6) is 0 Å². The summed E-state index contributed by atoms with van der Waals surface area (Å²) in [4.78, 5) is 16.7. The predicted octanol–water partition coefficient (Wildman–Crippen LogP) is 1.32. The quantitative estimate of drug-likeness (QED) is 0.739. The monoisotopic (exact) mass is 241 g/mol. The van der Waals surface area contributed by atoms with Crippen LogP contribution in [-0.4, -0.2) is 39.2 Å². The zero-order valence-corrected chi connectivity index (χ0v) is 10.3. The number of hydrogen-bond donors (Lipinski definition) is 1. The first-order valence-electron chi connectivity index (χ1n) is 5.91. The normalized spacial score (nSPS) is 11.0. The Bertz CT molecular complexity index is 351. The zero-order chi connectivity index (χ0) is 12.7. The lowest BCUT2D eigenvalue weighted by atomic mass is 10.3. The summed E-state index contributed by atoms with van der Waals surface area (Å²) in [5.41, 5.74) is 0. The van der Waals surface area contributed by atoms with Crippen molar-refractivity contribution < 1.29 is 14.4 Å². The van der Waals surface area contributed by atoms with Gasteiger partial charge in [0.1, 0.15) is 0 Å². The SMILES string of the molecule is CCCc1nc(CN(CCC)CC(=O)O)no1. The molecular formula is C11H19N3O3. The van der Waals surface area contributed by atoms with Gasteiger partial charge >= 0.3 is 5.97 Å². The van der Waals surface area contributed by atoms with Crippen LogP contribution in [0, 0.1) is 0 Å². The van der Waals surface area contributed by atoms with Gasteiger partial charge in [-0.1, -0.05) is 19.0 Å². The summed E-state index contributed by atoms with van der Waals surface area (Å²) in [5.74, 6) is 0.341. The van der Waals surface area contributed by atoms with Crippen LogP contribution in [0.25, 0.3) is 0 Å². The van der Waals surface area contributed by atoms with E-state index in [4.69, 9.17) is 9.63 Å². The van der Waals surface area contributed by atoms with E-state index in [1.807, 2.05) is 13.8 Å². The molecule has 6 nitrogen and oxygen atoms in total. The van der Waals surface area contributed by atoms with Crippen molar-refractivity contribution in [3.05, 3.63) is 11.7 Å². The molecule has 0 bridgehead atoms. The molecule has 1 heterocycles. The Morgan fingerprint density at radius 1 is 1.41 bits per heavy atom. The number of aryl methyl sites for hydroxylation is 1. The van der Waals surface area contributed by atoms with Gasteiger partial charge in [0.15, 0.2) is 5.82 Å². The molecule has 1 aromatic rings. The van der Waals surface area contributed by atoms with E-state index in [0.29, 0.717) is 24.8 Å². The van der Waals surface area contributed by atoms with Gasteiger partial charge < -0.3 is 9.63 Å². The van der Waals surface area contributed by atoms with Crippen molar-refractivity contribution in [2.45, 2.75) is 39.7 Å². The molecule has 0 aromatic carbocycles. The molecule has 0 saturated carbocycles. The van der Waals surface area contributed by atoms with Crippen molar-refractivity contribution in [2.24, 2.45) is 0 Å². The standard InChI is InChI=1S/C11H19N3O3/c1-3-5-10-12-9(13-17-10)7-14(6-4-2)8-11(15)16/h3-8H2,1-2H3,(H,15,16). The summed E-state index contributed by atoms with van der Waals surface area (Å²) >= 11 is 0. The van der Waals surface area contributed by atoms with Gasteiger partial charge in [-0.05, 0) is 19.4 Å². The van der Waals surface area contributed by atoms with Gasteiger partial charge in [-0.2, -0.15) is 4.98 Å². The summed E-state index contributed by atoms with van der Waals surface area (Å²) in [6.45, 7) is 5.19. The minimum absolute atomic E-state index is 0.00545. The molecule has 0 fully saturated rings. The molecule has 17 heavy (non-hydrogen) atoms. The minimum Gasteiger partial charge on any atom is -0.480 e. The highest BCUT2D eigenvalue weighted by Crippen LogP contribution is 2.04. The Morgan fingerprint density at radius 2 is 2.18 bits per heavy atom. The Hall–Kier alpha value is -1.43. The smallest absolute Gasteiger partial charge is 0.317 e. The third-order valence-electron chi connectivity index (χ3n) is 2.24. The molecule has 6 heteroatoms. The minimum atomic E-state index is -0.837. The van der Waals surface area contributed by atoms with Gasteiger partial charge in [0.05, 0.1) is 13.1 Å². The Balaban J connectivity index is 2.55. The van der Waals surface area contributed by atoms with Gasteiger partial charge in [-0.25, -0.2) is 0 Å². The molecule has 96 valence electrons. The molecule has 0 spiro atoms. The van der Waals surface area contributed by atoms with Crippen molar-refractivity contribution in [1.29, 1.82) is 0 Å². The van der Waals surface area contributed by atoms with Gasteiger partial charge in [0.2, 0.25) is 5.89 Å². The van der Waals surface area contributed by atoms with Crippen LogP contribution in [0.1, 0.15) is 38.4 Å². The molecule has 0 amide bonds. The van der Waals surface area contributed by atoms with Crippen molar-refractivity contribution in [1.82, 2.24) is 15.0 Å². The van der Waals surface area contributed by atoms with E-state index < -0.39 is 5.97 Å². The highest BCUT2D eigenvalue weighted by Gasteiger charge is 2.13. The summed E-state index contributed by atoms with van der Waals surface area (Å²) in [6, 6.07) is 0. The molecule has 0 aliphatic rings. The fraction of sp³-hybridized carbons (Fsp3) is 0.727. The van der Waals surface area contributed by atoms with Gasteiger partial charge in [0, 0.05) is 6.42 Å². The summed E-state index contributed by atoms with van der Waals surface area (Å²) in [6.07, 6.45) is 2.61. The second-order valence-corrected chi connectivity index (χ2v) is 3.96. The average molecular weight is 241 g/mol. The van der Waals surface area contributed by atoms with E-state index in [9.17, 15) is 4.79 Å². The number of carboxylic acid groups (broad SMARTS) is 1. The predicted molar refractivity (Wildman–Crippen MR) is 61.5 cm³/mol. The highest BCUT2D eigenvalue weighted by molar-refractivity contribution is 5.69. The van der Waals surface area contributed by atoms with Crippen molar-refractivity contribution in [3.63, 3.8) is 0 Å². The zero-order valence-electron chi connectivity index (χ0n) is 10.3. The van der Waals surface area contributed by atoms with E-state index in [1.165, 1.54) is 0 Å². The lowest BCUT2D eigenvalue weighted by molar-refractivity contribution is -0.138. The van der Waals surface area contributed by atoms with Crippen LogP contribution in [0.3, 0.4) is 0 Å². The van der Waals surface area contributed by atoms with Gasteiger partial charge in [-0.15, -0.1) is 0 Å². The van der Waals surface area contributed by atoms with Gasteiger partial charge in [-0.3, -0.25) is 9.69 Å². The Labute approximate surface area is 101 Å². The fourth-order valence-electron chi connectivity index (χ4n) is 1.59. The van der Waals surface area contributed by atoms with E-state index in [1.54, 1.807) is 4.90 Å². The molecule has 0 aliphatic heterocycles. The van der Waals surface area contributed by atoms with E-state index >= 15 is 0 Å². The van der Waals surface area contributed by atoms with Crippen LogP contribution in [0.15, 0.2) is 4.52 Å². The molecular weight excluding hydrogens is 222 g/mol. The first-order valence-corrected chi connectivity index (χ1v) is 5.91. The average Bonchev–Trinajstić information content (AvgIpc) is 2.65. The maximum absolute atomic E-state index is 10.7. The molecule has 0 saturated heterocycles. The molecule has 0 unspecified atom stereocenters. The fourth-order valence-corrected chi connectivity index (χ4v) is 1.59. The molecule has 1 rings (SSSR count). The number of carboxylic acids is 1. The lowest BCUT2D eigenvalue weighted by Gasteiger charge is -2.16. The highest BCUT2D eigenvalue weighted by atomic mass is 16.5. The maximum Gasteiger partial charge on any atom is 0.317 e. The number of carbonyl (C=O) groups is 1. The van der Waals surface area contributed by atoms with Crippen LogP contribution < -0.4 is 0 Å². The molecule has 1 N–H and O–H groups in total. The van der Waals surface area contributed by atoms with Crippen LogP contribution in [-0.2, 0) is 17.8 Å². The number of aliphatic carboxylic acids is 1. The number of hydrogen-bond acceptors (Lipinski definition) is 5. The maximum atomic E-state index is 10.7.